The topological polar surface area (TPSA) is 80.1 Å². The van der Waals surface area contributed by atoms with Gasteiger partial charge in [-0.15, -0.1) is 0 Å². The first-order valence-electron chi connectivity index (χ1n) is 9.23. The van der Waals surface area contributed by atoms with Gasteiger partial charge in [0.15, 0.2) is 5.78 Å². The van der Waals surface area contributed by atoms with E-state index in [0.29, 0.717) is 17.9 Å². The Hall–Kier alpha value is -2.16. The van der Waals surface area contributed by atoms with Gasteiger partial charge in [0.2, 0.25) is 5.09 Å². The predicted octanol–water partition coefficient (Wildman–Crippen LogP) is 2.63. The number of sulfonamides is 1. The van der Waals surface area contributed by atoms with Gasteiger partial charge in [-0.05, 0) is 62.3 Å². The summed E-state index contributed by atoms with van der Waals surface area (Å²) in [4.78, 5) is 14.9. The molecule has 8 heteroatoms. The van der Waals surface area contributed by atoms with Crippen molar-refractivity contribution >= 4 is 15.8 Å². The van der Waals surface area contributed by atoms with E-state index in [1.807, 2.05) is 12.1 Å². The number of benzene rings is 1. The first kappa shape index (κ1) is 20.6. The third-order valence-electron chi connectivity index (χ3n) is 5.08. The molecule has 0 atom stereocenters. The molecule has 1 aliphatic heterocycles. The molecular formula is C20H26N2O5S. The highest BCUT2D eigenvalue weighted by molar-refractivity contribution is 7.88. The second-order valence-corrected chi connectivity index (χ2v) is 9.23. The molecule has 1 aromatic heterocycles. The maximum Gasteiger partial charge on any atom is 0.275 e. The maximum absolute atomic E-state index is 12.7. The van der Waals surface area contributed by atoms with Crippen LogP contribution in [0.5, 0.6) is 5.75 Å². The molecule has 7 nitrogen and oxygen atoms in total. The Morgan fingerprint density at radius 2 is 1.79 bits per heavy atom. The Balaban J connectivity index is 1.55. The average molecular weight is 407 g/mol. The van der Waals surface area contributed by atoms with E-state index in [2.05, 4.69) is 4.90 Å². The van der Waals surface area contributed by atoms with Crippen LogP contribution in [0.2, 0.25) is 0 Å². The van der Waals surface area contributed by atoms with Crippen molar-refractivity contribution in [3.63, 3.8) is 0 Å². The molecule has 1 fully saturated rings. The number of nitrogens with zero attached hydrogens (tertiary/aromatic N) is 2. The largest absolute Gasteiger partial charge is 0.497 e. The monoisotopic (exact) mass is 406 g/mol. The minimum atomic E-state index is -3.56. The van der Waals surface area contributed by atoms with E-state index in [1.165, 1.54) is 20.2 Å². The Labute approximate surface area is 165 Å². The first-order chi connectivity index (χ1) is 13.3. The smallest absolute Gasteiger partial charge is 0.275 e. The summed E-state index contributed by atoms with van der Waals surface area (Å²) in [5.41, 5.74) is 0.712. The quantitative estimate of drug-likeness (QED) is 0.658. The second-order valence-electron chi connectivity index (χ2n) is 7.15. The number of carbonyl (C=O) groups is 1. The molecule has 152 valence electrons. The zero-order valence-electron chi connectivity index (χ0n) is 16.4. The van der Waals surface area contributed by atoms with Crippen LogP contribution in [-0.2, 0) is 16.6 Å². The van der Waals surface area contributed by atoms with Gasteiger partial charge < -0.3 is 9.15 Å². The Morgan fingerprint density at radius 3 is 2.36 bits per heavy atom. The van der Waals surface area contributed by atoms with Crippen LogP contribution in [0.1, 0.15) is 29.0 Å². The van der Waals surface area contributed by atoms with Crippen molar-refractivity contribution in [2.24, 2.45) is 5.92 Å². The number of piperidine rings is 1. The van der Waals surface area contributed by atoms with Crippen LogP contribution >= 0.6 is 0 Å². The SMILES string of the molecule is COc1ccc(C(=O)C2CCN(Cc3ccc(S(=O)(=O)N(C)C)o3)CC2)cc1. The molecule has 28 heavy (non-hydrogen) atoms. The molecule has 0 N–H and O–H groups in total. The van der Waals surface area contributed by atoms with E-state index in [-0.39, 0.29) is 16.8 Å². The summed E-state index contributed by atoms with van der Waals surface area (Å²) in [5, 5.41) is -0.0444. The third kappa shape index (κ3) is 4.45. The third-order valence-corrected chi connectivity index (χ3v) is 6.77. The molecule has 0 saturated carbocycles. The van der Waals surface area contributed by atoms with Gasteiger partial charge in [0.25, 0.3) is 10.0 Å². The summed E-state index contributed by atoms with van der Waals surface area (Å²) in [5.74, 6) is 1.52. The summed E-state index contributed by atoms with van der Waals surface area (Å²) < 4.78 is 36.0. The molecule has 0 amide bonds. The van der Waals surface area contributed by atoms with Crippen molar-refractivity contribution in [3.8, 4) is 5.75 Å². The number of likely N-dealkylation sites (tertiary alicyclic amines) is 1. The van der Waals surface area contributed by atoms with Crippen LogP contribution in [0.3, 0.4) is 0 Å². The molecular weight excluding hydrogens is 380 g/mol. The van der Waals surface area contributed by atoms with Crippen molar-refractivity contribution in [2.45, 2.75) is 24.5 Å². The number of carbonyl (C=O) groups excluding carboxylic acids is 1. The molecule has 1 aromatic carbocycles. The first-order valence-corrected chi connectivity index (χ1v) is 10.7. The van der Waals surface area contributed by atoms with Gasteiger partial charge in [-0.2, -0.15) is 0 Å². The number of furan rings is 1. The van der Waals surface area contributed by atoms with E-state index >= 15 is 0 Å². The molecule has 2 aromatic rings. The molecule has 0 aliphatic carbocycles. The number of methoxy groups -OCH3 is 1. The average Bonchev–Trinajstić information content (AvgIpc) is 3.17. The molecule has 3 rings (SSSR count). The summed E-state index contributed by atoms with van der Waals surface area (Å²) in [6.07, 6.45) is 1.54. The van der Waals surface area contributed by atoms with Crippen molar-refractivity contribution in [2.75, 3.05) is 34.3 Å². The molecule has 0 bridgehead atoms. The van der Waals surface area contributed by atoms with Gasteiger partial charge in [-0.3, -0.25) is 9.69 Å². The number of ketones is 1. The van der Waals surface area contributed by atoms with Gasteiger partial charge in [-0.25, -0.2) is 12.7 Å². The molecule has 0 spiro atoms. The van der Waals surface area contributed by atoms with E-state index in [1.54, 1.807) is 25.3 Å². The fourth-order valence-electron chi connectivity index (χ4n) is 3.33. The van der Waals surface area contributed by atoms with E-state index < -0.39 is 10.0 Å². The number of hydrogen-bond donors (Lipinski definition) is 0. The van der Waals surface area contributed by atoms with E-state index in [9.17, 15) is 13.2 Å². The molecule has 2 heterocycles. The predicted molar refractivity (Wildman–Crippen MR) is 105 cm³/mol. The lowest BCUT2D eigenvalue weighted by atomic mass is 9.89. The second kappa shape index (κ2) is 8.46. The van der Waals surface area contributed by atoms with Crippen molar-refractivity contribution in [1.29, 1.82) is 0 Å². The minimum absolute atomic E-state index is 0.00549. The Bertz CT molecular complexity index is 910. The highest BCUT2D eigenvalue weighted by atomic mass is 32.2. The van der Waals surface area contributed by atoms with Crippen LogP contribution < -0.4 is 4.74 Å². The van der Waals surface area contributed by atoms with Gasteiger partial charge >= 0.3 is 0 Å². The van der Waals surface area contributed by atoms with Gasteiger partial charge in [0.05, 0.1) is 13.7 Å². The number of Topliss-reactive ketones (excluding diaryl/α,β-unsaturated/α-hetero) is 1. The van der Waals surface area contributed by atoms with Gasteiger partial charge in [-0.1, -0.05) is 0 Å². The fourth-order valence-corrected chi connectivity index (χ4v) is 4.14. The van der Waals surface area contributed by atoms with Crippen molar-refractivity contribution in [3.05, 3.63) is 47.7 Å². The van der Waals surface area contributed by atoms with E-state index in [4.69, 9.17) is 9.15 Å². The summed E-state index contributed by atoms with van der Waals surface area (Å²) >= 11 is 0. The zero-order chi connectivity index (χ0) is 20.3. The minimum Gasteiger partial charge on any atom is -0.497 e. The number of hydrogen-bond acceptors (Lipinski definition) is 6. The Kier molecular flexibility index (Phi) is 6.22. The summed E-state index contributed by atoms with van der Waals surface area (Å²) in [6, 6.07) is 10.4. The number of ether oxygens (including phenoxy) is 1. The molecule has 1 aliphatic rings. The fraction of sp³-hybridized carbons (Fsp3) is 0.450. The zero-order valence-corrected chi connectivity index (χ0v) is 17.2. The van der Waals surface area contributed by atoms with Gasteiger partial charge in [0, 0.05) is 25.6 Å². The maximum atomic E-state index is 12.7. The van der Waals surface area contributed by atoms with Crippen LogP contribution in [0.25, 0.3) is 0 Å². The van der Waals surface area contributed by atoms with Crippen LogP contribution in [0.15, 0.2) is 45.9 Å². The summed E-state index contributed by atoms with van der Waals surface area (Å²) in [6.45, 7) is 2.07. The van der Waals surface area contributed by atoms with E-state index in [0.717, 1.165) is 36.0 Å². The molecule has 1 saturated heterocycles. The van der Waals surface area contributed by atoms with Crippen molar-refractivity contribution < 1.29 is 22.4 Å². The van der Waals surface area contributed by atoms with Gasteiger partial charge in [0.1, 0.15) is 11.5 Å². The van der Waals surface area contributed by atoms with Crippen LogP contribution in [0, 0.1) is 5.92 Å². The Morgan fingerprint density at radius 1 is 1.14 bits per heavy atom. The standard InChI is InChI=1S/C20H26N2O5S/c1-21(2)28(24,25)19-9-8-18(27-19)14-22-12-10-16(11-13-22)20(23)15-4-6-17(26-3)7-5-15/h4-9,16H,10-14H2,1-3H3. The van der Waals surface area contributed by atoms with Crippen LogP contribution in [0.4, 0.5) is 0 Å². The lowest BCUT2D eigenvalue weighted by molar-refractivity contribution is 0.0827. The number of rotatable bonds is 7. The van der Waals surface area contributed by atoms with Crippen LogP contribution in [-0.4, -0.2) is 57.7 Å². The molecule has 0 radical (unpaired) electrons. The lowest BCUT2D eigenvalue weighted by Crippen LogP contribution is -2.35. The highest BCUT2D eigenvalue weighted by Gasteiger charge is 2.27. The molecule has 0 unspecified atom stereocenters. The summed E-state index contributed by atoms with van der Waals surface area (Å²) in [7, 11) is 0.992. The lowest BCUT2D eigenvalue weighted by Gasteiger charge is -2.30. The highest BCUT2D eigenvalue weighted by Crippen LogP contribution is 2.25. The van der Waals surface area contributed by atoms with Crippen molar-refractivity contribution in [1.82, 2.24) is 9.21 Å². The normalized spacial score (nSPS) is 16.4.